The van der Waals surface area contributed by atoms with E-state index in [0.29, 0.717) is 5.76 Å². The number of furan rings is 1. The fourth-order valence-electron chi connectivity index (χ4n) is 1.40. The van der Waals surface area contributed by atoms with Gasteiger partial charge in [-0.2, -0.15) is 8.42 Å². The predicted molar refractivity (Wildman–Crippen MR) is 74.1 cm³/mol. The minimum atomic E-state index is -3.78. The highest BCUT2D eigenvalue weighted by atomic mass is 79.9. The van der Waals surface area contributed by atoms with Crippen LogP contribution in [-0.4, -0.2) is 13.4 Å². The monoisotopic (exact) mass is 345 g/mol. The number of halogens is 1. The number of pyridine rings is 1. The SMILES string of the molecule is Cc1cc(NS(=O)(=O)c2ccc(CN)o2)ncc1Br. The Labute approximate surface area is 119 Å². The summed E-state index contributed by atoms with van der Waals surface area (Å²) >= 11 is 3.29. The standard InChI is InChI=1S/C11H12BrN3O3S/c1-7-4-10(14-6-9(7)12)15-19(16,17)11-3-2-8(5-13)18-11/h2-4,6H,5,13H2,1H3,(H,14,15). The Kier molecular flexibility index (Phi) is 3.93. The van der Waals surface area contributed by atoms with E-state index in [4.69, 9.17) is 10.2 Å². The number of sulfonamides is 1. The first-order chi connectivity index (χ1) is 8.92. The van der Waals surface area contributed by atoms with Crippen molar-refractivity contribution < 1.29 is 12.8 Å². The first kappa shape index (κ1) is 14.0. The van der Waals surface area contributed by atoms with Gasteiger partial charge in [-0.15, -0.1) is 0 Å². The molecule has 2 rings (SSSR count). The van der Waals surface area contributed by atoms with Gasteiger partial charge in [0.05, 0.1) is 6.54 Å². The first-order valence-corrected chi connectivity index (χ1v) is 7.64. The highest BCUT2D eigenvalue weighted by Crippen LogP contribution is 2.21. The Bertz CT molecular complexity index is 697. The molecule has 0 atom stereocenters. The van der Waals surface area contributed by atoms with E-state index in [1.54, 1.807) is 6.07 Å². The lowest BCUT2D eigenvalue weighted by molar-refractivity contribution is 0.417. The molecule has 3 N–H and O–H groups in total. The number of nitrogens with two attached hydrogens (primary N) is 1. The molecule has 0 saturated carbocycles. The number of nitrogens with zero attached hydrogens (tertiary/aromatic N) is 1. The molecule has 0 saturated heterocycles. The normalized spacial score (nSPS) is 11.5. The van der Waals surface area contributed by atoms with Crippen molar-refractivity contribution in [3.05, 3.63) is 40.2 Å². The quantitative estimate of drug-likeness (QED) is 0.882. The fourth-order valence-corrected chi connectivity index (χ4v) is 2.56. The number of aromatic nitrogens is 1. The largest absolute Gasteiger partial charge is 0.446 e. The lowest BCUT2D eigenvalue weighted by Gasteiger charge is -2.06. The molecule has 0 aliphatic carbocycles. The number of anilines is 1. The third kappa shape index (κ3) is 3.14. The third-order valence-electron chi connectivity index (χ3n) is 2.39. The van der Waals surface area contributed by atoms with Crippen molar-refractivity contribution in [1.29, 1.82) is 0 Å². The van der Waals surface area contributed by atoms with E-state index < -0.39 is 10.0 Å². The van der Waals surface area contributed by atoms with Gasteiger partial charge in [0.1, 0.15) is 11.6 Å². The molecule has 2 aromatic heterocycles. The molecule has 6 nitrogen and oxygen atoms in total. The van der Waals surface area contributed by atoms with E-state index in [9.17, 15) is 8.42 Å². The van der Waals surface area contributed by atoms with Crippen molar-refractivity contribution in [3.63, 3.8) is 0 Å². The van der Waals surface area contributed by atoms with Crippen LogP contribution >= 0.6 is 15.9 Å². The van der Waals surface area contributed by atoms with Crippen molar-refractivity contribution in [1.82, 2.24) is 4.98 Å². The number of aryl methyl sites for hydroxylation is 1. The van der Waals surface area contributed by atoms with Gasteiger partial charge in [-0.05, 0) is 46.6 Å². The molecule has 8 heteroatoms. The first-order valence-electron chi connectivity index (χ1n) is 5.36. The van der Waals surface area contributed by atoms with Crippen LogP contribution < -0.4 is 10.5 Å². The van der Waals surface area contributed by atoms with Crippen LogP contribution in [0.15, 0.2) is 38.4 Å². The molecular formula is C11H12BrN3O3S. The third-order valence-corrected chi connectivity index (χ3v) is 4.45. The predicted octanol–water partition coefficient (Wildman–Crippen LogP) is 2.01. The molecule has 0 fully saturated rings. The van der Waals surface area contributed by atoms with Gasteiger partial charge in [0.25, 0.3) is 10.0 Å². The summed E-state index contributed by atoms with van der Waals surface area (Å²) in [4.78, 5) is 3.97. The number of hydrogen-bond acceptors (Lipinski definition) is 5. The molecule has 0 aromatic carbocycles. The smallest absolute Gasteiger partial charge is 0.296 e. The van der Waals surface area contributed by atoms with E-state index in [0.717, 1.165) is 10.0 Å². The van der Waals surface area contributed by atoms with Crippen molar-refractivity contribution in [3.8, 4) is 0 Å². The van der Waals surface area contributed by atoms with E-state index in [1.807, 2.05) is 6.92 Å². The van der Waals surface area contributed by atoms with E-state index in [-0.39, 0.29) is 17.5 Å². The molecule has 2 heterocycles. The molecule has 0 aliphatic rings. The summed E-state index contributed by atoms with van der Waals surface area (Å²) in [5.74, 6) is 0.631. The van der Waals surface area contributed by atoms with Crippen LogP contribution in [0, 0.1) is 6.92 Å². The Morgan fingerprint density at radius 1 is 1.47 bits per heavy atom. The van der Waals surface area contributed by atoms with Gasteiger partial charge in [-0.3, -0.25) is 4.72 Å². The molecule has 0 radical (unpaired) electrons. The van der Waals surface area contributed by atoms with Gasteiger partial charge in [0.2, 0.25) is 5.09 Å². The maximum Gasteiger partial charge on any atom is 0.296 e. The summed E-state index contributed by atoms with van der Waals surface area (Å²) < 4.78 is 32.3. The molecule has 0 aliphatic heterocycles. The van der Waals surface area contributed by atoms with Crippen LogP contribution in [0.5, 0.6) is 0 Å². The highest BCUT2D eigenvalue weighted by molar-refractivity contribution is 9.10. The zero-order chi connectivity index (χ0) is 14.0. The van der Waals surface area contributed by atoms with Crippen LogP contribution in [0.1, 0.15) is 11.3 Å². The van der Waals surface area contributed by atoms with E-state index in [2.05, 4.69) is 25.6 Å². The Morgan fingerprint density at radius 2 is 2.21 bits per heavy atom. The number of hydrogen-bond donors (Lipinski definition) is 2. The summed E-state index contributed by atoms with van der Waals surface area (Å²) in [5.41, 5.74) is 6.24. The average Bonchev–Trinajstić information content (AvgIpc) is 2.83. The summed E-state index contributed by atoms with van der Waals surface area (Å²) in [7, 11) is -3.78. The lowest BCUT2D eigenvalue weighted by Crippen LogP contribution is -2.13. The molecule has 0 amide bonds. The second-order valence-electron chi connectivity index (χ2n) is 3.85. The molecule has 0 spiro atoms. The van der Waals surface area contributed by atoms with Crippen LogP contribution in [0.3, 0.4) is 0 Å². The van der Waals surface area contributed by atoms with Crippen LogP contribution in [0.2, 0.25) is 0 Å². The van der Waals surface area contributed by atoms with Crippen molar-refractivity contribution in [2.45, 2.75) is 18.6 Å². The van der Waals surface area contributed by atoms with Crippen LogP contribution in [0.4, 0.5) is 5.82 Å². The molecule has 0 bridgehead atoms. The molecule has 19 heavy (non-hydrogen) atoms. The topological polar surface area (TPSA) is 98.2 Å². The van der Waals surface area contributed by atoms with Crippen molar-refractivity contribution in [2.24, 2.45) is 5.73 Å². The van der Waals surface area contributed by atoms with E-state index in [1.165, 1.54) is 18.3 Å². The second kappa shape index (κ2) is 5.32. The maximum absolute atomic E-state index is 12.0. The molecular weight excluding hydrogens is 334 g/mol. The van der Waals surface area contributed by atoms with Gasteiger partial charge in [-0.1, -0.05) is 0 Å². The van der Waals surface area contributed by atoms with E-state index >= 15 is 0 Å². The minimum absolute atomic E-state index is 0.144. The fraction of sp³-hybridized carbons (Fsp3) is 0.182. The Hall–Kier alpha value is -1.38. The summed E-state index contributed by atoms with van der Waals surface area (Å²) in [6.07, 6.45) is 1.53. The number of nitrogens with one attached hydrogen (secondary N) is 1. The van der Waals surface area contributed by atoms with Gasteiger partial charge in [-0.25, -0.2) is 4.98 Å². The van der Waals surface area contributed by atoms with Gasteiger partial charge >= 0.3 is 0 Å². The highest BCUT2D eigenvalue weighted by Gasteiger charge is 2.19. The summed E-state index contributed by atoms with van der Waals surface area (Å²) in [5, 5.41) is -0.185. The van der Waals surface area contributed by atoms with Gasteiger partial charge in [0.15, 0.2) is 0 Å². The van der Waals surface area contributed by atoms with Crippen molar-refractivity contribution in [2.75, 3.05) is 4.72 Å². The van der Waals surface area contributed by atoms with Gasteiger partial charge < -0.3 is 10.2 Å². The Morgan fingerprint density at radius 3 is 2.79 bits per heavy atom. The maximum atomic E-state index is 12.0. The molecule has 0 unspecified atom stereocenters. The number of rotatable bonds is 4. The molecule has 2 aromatic rings. The van der Waals surface area contributed by atoms with Crippen LogP contribution in [-0.2, 0) is 16.6 Å². The zero-order valence-corrected chi connectivity index (χ0v) is 12.5. The summed E-state index contributed by atoms with van der Waals surface area (Å²) in [6.45, 7) is 1.98. The van der Waals surface area contributed by atoms with Crippen molar-refractivity contribution >= 4 is 31.8 Å². The average molecular weight is 346 g/mol. The second-order valence-corrected chi connectivity index (χ2v) is 6.32. The zero-order valence-electron chi connectivity index (χ0n) is 10.1. The summed E-state index contributed by atoms with van der Waals surface area (Å²) in [6, 6.07) is 4.50. The minimum Gasteiger partial charge on any atom is -0.446 e. The van der Waals surface area contributed by atoms with Crippen LogP contribution in [0.25, 0.3) is 0 Å². The Balaban J connectivity index is 2.28. The van der Waals surface area contributed by atoms with Gasteiger partial charge in [0, 0.05) is 10.7 Å². The lowest BCUT2D eigenvalue weighted by atomic mass is 10.3. The molecule has 102 valence electrons.